The van der Waals surface area contributed by atoms with Gasteiger partial charge in [-0.25, -0.2) is 0 Å². The zero-order valence-corrected chi connectivity index (χ0v) is 30.6. The maximum Gasteiger partial charge on any atom is 2.00 e. The number of nitrogens with zero attached hydrogens (tertiary/aromatic N) is 6. The van der Waals surface area contributed by atoms with Gasteiger partial charge in [0.1, 0.15) is 0 Å². The minimum absolute atomic E-state index is 0. The summed E-state index contributed by atoms with van der Waals surface area (Å²) >= 11 is 0. The summed E-state index contributed by atoms with van der Waals surface area (Å²) in [5.74, 6) is 0. The Balaban J connectivity index is -0.00000000167. The Labute approximate surface area is 362 Å². The van der Waals surface area contributed by atoms with E-state index in [1.165, 1.54) is 0 Å². The van der Waals surface area contributed by atoms with Crippen LogP contribution in [-0.2, 0) is 17.1 Å². The predicted octanol–water partition coefficient (Wildman–Crippen LogP) is -17.8. The average Bonchev–Trinajstić information content (AvgIpc) is 2.33. The van der Waals surface area contributed by atoms with Gasteiger partial charge in [0, 0.05) is 17.4 Å². The molecule has 77 valence electrons. The first kappa shape index (κ1) is 110. The minimum Gasteiger partial charge on any atom is -1.00 e. The molecule has 0 fully saturated rings. The second kappa shape index (κ2) is 365. The van der Waals surface area contributed by atoms with Gasteiger partial charge in [0.05, 0.1) is 0 Å². The van der Waals surface area contributed by atoms with E-state index in [0.717, 1.165) is 0 Å². The molecular weight excluding hydrogens is 470 g/mol. The van der Waals surface area contributed by atoms with Crippen molar-refractivity contribution in [2.45, 2.75) is 0 Å². The van der Waals surface area contributed by atoms with E-state index in [1.54, 1.807) is 0 Å². The van der Waals surface area contributed by atoms with E-state index in [2.05, 4.69) is 0 Å². The van der Waals surface area contributed by atoms with Gasteiger partial charge in [-0.1, -0.05) is 0 Å². The van der Waals surface area contributed by atoms with Gasteiger partial charge in [-0.2, -0.15) is 0 Å². The van der Waals surface area contributed by atoms with E-state index in [0.29, 0.717) is 0 Å². The maximum atomic E-state index is 6.25. The van der Waals surface area contributed by atoms with Gasteiger partial charge in [-0.05, 0) is 0 Å². The molecule has 0 amide bonds. The SMILES string of the molecule is [Al].[C-]#N.[C-]#N.[C-]#N.[C-]#N.[C-]#N.[C-]#N.[Cl-].[Fe+2].[K+].[K+].[K+].[K+].[K+]. The van der Waals surface area contributed by atoms with Gasteiger partial charge in [0.15, 0.2) is 0 Å². The van der Waals surface area contributed by atoms with Crippen LogP contribution in [0.3, 0.4) is 0 Å². The molecule has 6 nitrogen and oxygen atoms in total. The van der Waals surface area contributed by atoms with Crippen molar-refractivity contribution in [3.05, 3.63) is 39.4 Å². The van der Waals surface area contributed by atoms with Gasteiger partial charge in [-0.3, -0.25) is 0 Å². The second-order valence-corrected chi connectivity index (χ2v) is 0. The molecule has 0 unspecified atom stereocenters. The van der Waals surface area contributed by atoms with Crippen LogP contribution in [0.25, 0.3) is 0 Å². The molecule has 0 saturated heterocycles. The molecule has 0 aliphatic carbocycles. The standard InChI is InChI=1S/6CN.Al.ClH.Fe.5K/c6*1-2;;;;;;;;/h;;;;;;;1H;;;;;;/q6*-1;;;+2;5*+1/p-1. The molecule has 0 aliphatic rings. The van der Waals surface area contributed by atoms with Crippen LogP contribution in [0.2, 0.25) is 0 Å². The summed E-state index contributed by atoms with van der Waals surface area (Å²) in [6.45, 7) is 28.5. The Morgan fingerprint density at radius 1 is 0.350 bits per heavy atom. The van der Waals surface area contributed by atoms with Crippen LogP contribution in [0.15, 0.2) is 0 Å². The van der Waals surface area contributed by atoms with E-state index in [-0.39, 0.29) is 304 Å². The van der Waals surface area contributed by atoms with Gasteiger partial charge >= 0.3 is 274 Å². The van der Waals surface area contributed by atoms with E-state index in [1.807, 2.05) is 0 Å². The molecule has 0 bridgehead atoms. The Hall–Kier alpha value is 6.46. The van der Waals surface area contributed by atoms with E-state index >= 15 is 0 Å². The molecule has 0 rings (SSSR count). The summed E-state index contributed by atoms with van der Waals surface area (Å²) in [5, 5.41) is 37.5. The van der Waals surface area contributed by atoms with Crippen molar-refractivity contribution in [2.24, 2.45) is 0 Å². The Morgan fingerprint density at radius 2 is 0.350 bits per heavy atom. The number of hydrogen-bond acceptors (Lipinski definition) is 6. The van der Waals surface area contributed by atoms with Crippen LogP contribution in [0.4, 0.5) is 0 Å². The van der Waals surface area contributed by atoms with Crippen LogP contribution in [0, 0.1) is 71.0 Å². The molecule has 14 heteroatoms. The zero-order chi connectivity index (χ0) is 12.0. The summed E-state index contributed by atoms with van der Waals surface area (Å²) in [7, 11) is 0. The molecule has 0 heterocycles. The normalized spacial score (nSPS) is 0.600. The molecule has 20 heavy (non-hydrogen) atoms. The third-order valence-corrected chi connectivity index (χ3v) is 0. The van der Waals surface area contributed by atoms with Crippen molar-refractivity contribution >= 4 is 17.4 Å². The number of hydrogen-bond donors (Lipinski definition) is 0. The van der Waals surface area contributed by atoms with Gasteiger partial charge in [0.25, 0.3) is 0 Å². The van der Waals surface area contributed by atoms with Crippen molar-refractivity contribution in [1.29, 1.82) is 31.6 Å². The topological polar surface area (TPSA) is 143 Å². The minimum atomic E-state index is 0. The van der Waals surface area contributed by atoms with Crippen LogP contribution in [0.5, 0.6) is 0 Å². The van der Waals surface area contributed by atoms with Gasteiger partial charge in [0.2, 0.25) is 0 Å². The molecule has 0 saturated carbocycles. The smallest absolute Gasteiger partial charge is 1.00 e. The number of rotatable bonds is 0. The van der Waals surface area contributed by atoms with Crippen molar-refractivity contribution < 1.29 is 286 Å². The molecular formula is C6AlClFeK5N6. The predicted molar refractivity (Wildman–Crippen MR) is 35.6 cm³/mol. The number of halogens is 1. The molecule has 0 N–H and O–H groups in total. The Morgan fingerprint density at radius 3 is 0.350 bits per heavy atom. The monoisotopic (exact) mass is 469 g/mol. The summed E-state index contributed by atoms with van der Waals surface area (Å²) in [4.78, 5) is 0. The van der Waals surface area contributed by atoms with Crippen LogP contribution >= 0.6 is 0 Å². The summed E-state index contributed by atoms with van der Waals surface area (Å²) in [5.41, 5.74) is 0. The Kier molecular flexibility index (Phi) is 2010. The maximum absolute atomic E-state index is 6.25. The molecule has 3 radical (unpaired) electrons. The van der Waals surface area contributed by atoms with E-state index in [4.69, 9.17) is 71.0 Å². The first-order valence-electron chi connectivity index (χ1n) is 1.34. The second-order valence-electron chi connectivity index (χ2n) is 0. The van der Waals surface area contributed by atoms with E-state index in [9.17, 15) is 0 Å². The summed E-state index contributed by atoms with van der Waals surface area (Å²) in [6, 6.07) is 0. The summed E-state index contributed by atoms with van der Waals surface area (Å²) in [6.07, 6.45) is 0. The Bertz CT molecular complexity index is 119. The van der Waals surface area contributed by atoms with Crippen molar-refractivity contribution in [3.8, 4) is 0 Å². The first-order valence-corrected chi connectivity index (χ1v) is 1.34. The van der Waals surface area contributed by atoms with Crippen molar-refractivity contribution in [1.82, 2.24) is 0 Å². The molecule has 0 aliphatic heterocycles. The fourth-order valence-electron chi connectivity index (χ4n) is 0. The molecule has 0 aromatic rings. The molecule has 0 spiro atoms. The van der Waals surface area contributed by atoms with Crippen molar-refractivity contribution in [3.63, 3.8) is 0 Å². The fourth-order valence-corrected chi connectivity index (χ4v) is 0. The molecule has 0 aromatic heterocycles. The van der Waals surface area contributed by atoms with Gasteiger partial charge < -0.3 is 83.4 Å². The van der Waals surface area contributed by atoms with Crippen LogP contribution in [-0.4, -0.2) is 17.4 Å². The average molecular weight is 470 g/mol. The zero-order valence-electron chi connectivity index (χ0n) is 12.0. The fraction of sp³-hybridized carbons (Fsp3) is 0. The molecule has 0 aromatic carbocycles. The van der Waals surface area contributed by atoms with Crippen LogP contribution < -0.4 is 269 Å². The third-order valence-electron chi connectivity index (χ3n) is 0. The van der Waals surface area contributed by atoms with Crippen molar-refractivity contribution in [2.75, 3.05) is 0 Å². The van der Waals surface area contributed by atoms with Crippen LogP contribution in [0.1, 0.15) is 0 Å². The quantitative estimate of drug-likeness (QED) is 0.254. The van der Waals surface area contributed by atoms with Gasteiger partial charge in [-0.15, -0.1) is 0 Å². The largest absolute Gasteiger partial charge is 2.00 e. The first-order chi connectivity index (χ1) is 6.00. The summed E-state index contributed by atoms with van der Waals surface area (Å²) < 4.78 is 0. The molecule has 0 atom stereocenters. The third kappa shape index (κ3) is 322. The van der Waals surface area contributed by atoms with E-state index < -0.39 is 0 Å².